The summed E-state index contributed by atoms with van der Waals surface area (Å²) in [5.74, 6) is 0. The molecule has 1 saturated carbocycles. The number of ether oxygens (including phenoxy) is 2. The third-order valence-electron chi connectivity index (χ3n) is 4.45. The van der Waals surface area contributed by atoms with Gasteiger partial charge in [0.25, 0.3) is 0 Å². The molecule has 19 heavy (non-hydrogen) atoms. The summed E-state index contributed by atoms with van der Waals surface area (Å²) >= 11 is 0. The Morgan fingerprint density at radius 2 is 2.16 bits per heavy atom. The van der Waals surface area contributed by atoms with E-state index in [-0.39, 0.29) is 12.2 Å². The van der Waals surface area contributed by atoms with Crippen molar-refractivity contribution in [3.63, 3.8) is 0 Å². The van der Waals surface area contributed by atoms with E-state index in [1.54, 1.807) is 7.11 Å². The van der Waals surface area contributed by atoms with Gasteiger partial charge in [0.2, 0.25) is 0 Å². The van der Waals surface area contributed by atoms with Crippen molar-refractivity contribution in [1.82, 2.24) is 5.32 Å². The van der Waals surface area contributed by atoms with Crippen LogP contribution in [0.2, 0.25) is 0 Å². The molecule has 104 valence electrons. The smallest absolute Gasteiger partial charge is 0.0987 e. The minimum Gasteiger partial charge on any atom is -0.377 e. The second kappa shape index (κ2) is 5.61. The van der Waals surface area contributed by atoms with Crippen molar-refractivity contribution < 1.29 is 9.47 Å². The first-order valence-corrected chi connectivity index (χ1v) is 7.31. The van der Waals surface area contributed by atoms with Crippen LogP contribution in [0.25, 0.3) is 0 Å². The Hall–Kier alpha value is -0.900. The minimum absolute atomic E-state index is 0.202. The summed E-state index contributed by atoms with van der Waals surface area (Å²) in [4.78, 5) is 0. The van der Waals surface area contributed by atoms with Crippen molar-refractivity contribution >= 4 is 0 Å². The van der Waals surface area contributed by atoms with Crippen LogP contribution in [-0.4, -0.2) is 32.0 Å². The van der Waals surface area contributed by atoms with Crippen molar-refractivity contribution in [2.45, 2.75) is 50.5 Å². The van der Waals surface area contributed by atoms with Gasteiger partial charge in [-0.25, -0.2) is 0 Å². The van der Waals surface area contributed by atoms with E-state index in [1.165, 1.54) is 24.0 Å². The first kappa shape index (κ1) is 13.1. The summed E-state index contributed by atoms with van der Waals surface area (Å²) in [7, 11) is 1.78. The zero-order chi connectivity index (χ0) is 13.2. The average Bonchev–Trinajstić information content (AvgIpc) is 2.81. The van der Waals surface area contributed by atoms with E-state index in [2.05, 4.69) is 29.6 Å². The molecule has 0 aliphatic heterocycles. The largest absolute Gasteiger partial charge is 0.377 e. The van der Waals surface area contributed by atoms with E-state index < -0.39 is 0 Å². The molecule has 0 heterocycles. The maximum atomic E-state index is 5.68. The van der Waals surface area contributed by atoms with Crippen molar-refractivity contribution in [2.75, 3.05) is 13.7 Å². The Bertz CT molecular complexity index is 435. The Balaban J connectivity index is 1.62. The van der Waals surface area contributed by atoms with Crippen LogP contribution in [0.3, 0.4) is 0 Å². The molecule has 0 saturated heterocycles. The quantitative estimate of drug-likeness (QED) is 0.883. The molecule has 4 unspecified atom stereocenters. The fourth-order valence-electron chi connectivity index (χ4n) is 3.43. The molecule has 1 aromatic carbocycles. The van der Waals surface area contributed by atoms with Crippen LogP contribution >= 0.6 is 0 Å². The summed E-state index contributed by atoms with van der Waals surface area (Å²) in [5, 5.41) is 3.76. The number of hydrogen-bond donors (Lipinski definition) is 1. The highest BCUT2D eigenvalue weighted by Crippen LogP contribution is 2.35. The van der Waals surface area contributed by atoms with Crippen molar-refractivity contribution in [3.8, 4) is 0 Å². The predicted molar refractivity (Wildman–Crippen MR) is 75.3 cm³/mol. The molecule has 3 nitrogen and oxygen atoms in total. The molecule has 0 radical (unpaired) electrons. The first-order valence-electron chi connectivity index (χ1n) is 7.31. The number of fused-ring (bicyclic) bond motifs is 1. The van der Waals surface area contributed by atoms with Crippen LogP contribution in [0.4, 0.5) is 0 Å². The SMILES string of the molecule is CCOC1CC(NC2CCc3ccccc32)C1OC. The maximum Gasteiger partial charge on any atom is 0.0987 e. The van der Waals surface area contributed by atoms with Gasteiger partial charge in [-0.05, 0) is 37.3 Å². The van der Waals surface area contributed by atoms with Crippen molar-refractivity contribution in [2.24, 2.45) is 0 Å². The number of aryl methyl sites for hydroxylation is 1. The molecule has 3 rings (SSSR count). The van der Waals surface area contributed by atoms with Crippen LogP contribution in [0, 0.1) is 0 Å². The highest BCUT2D eigenvalue weighted by molar-refractivity contribution is 5.34. The normalized spacial score (nSPS) is 32.9. The molecular weight excluding hydrogens is 238 g/mol. The fraction of sp³-hybridized carbons (Fsp3) is 0.625. The molecule has 0 spiro atoms. The molecule has 2 aliphatic rings. The molecule has 2 aliphatic carbocycles. The fourth-order valence-corrected chi connectivity index (χ4v) is 3.43. The molecule has 1 fully saturated rings. The van der Waals surface area contributed by atoms with Gasteiger partial charge >= 0.3 is 0 Å². The number of nitrogens with one attached hydrogen (secondary N) is 1. The minimum atomic E-state index is 0.202. The maximum absolute atomic E-state index is 5.68. The van der Waals surface area contributed by atoms with Gasteiger partial charge < -0.3 is 14.8 Å². The zero-order valence-corrected chi connectivity index (χ0v) is 11.8. The second-order valence-electron chi connectivity index (χ2n) is 5.49. The van der Waals surface area contributed by atoms with Gasteiger partial charge in [0.15, 0.2) is 0 Å². The van der Waals surface area contributed by atoms with E-state index >= 15 is 0 Å². The lowest BCUT2D eigenvalue weighted by molar-refractivity contribution is -0.133. The molecule has 1 aromatic rings. The zero-order valence-electron chi connectivity index (χ0n) is 11.8. The van der Waals surface area contributed by atoms with E-state index in [0.29, 0.717) is 12.1 Å². The lowest BCUT2D eigenvalue weighted by Gasteiger charge is -2.44. The average molecular weight is 261 g/mol. The Morgan fingerprint density at radius 3 is 2.95 bits per heavy atom. The number of rotatable bonds is 5. The number of hydrogen-bond acceptors (Lipinski definition) is 3. The van der Waals surface area contributed by atoms with Gasteiger partial charge in [0.05, 0.1) is 12.2 Å². The van der Waals surface area contributed by atoms with Gasteiger partial charge in [-0.15, -0.1) is 0 Å². The molecule has 0 aromatic heterocycles. The summed E-state index contributed by atoms with van der Waals surface area (Å²) in [5.41, 5.74) is 2.96. The van der Waals surface area contributed by atoms with E-state index in [1.807, 2.05) is 6.92 Å². The summed E-state index contributed by atoms with van der Waals surface area (Å²) in [6, 6.07) is 9.68. The molecule has 1 N–H and O–H groups in total. The van der Waals surface area contributed by atoms with Crippen LogP contribution in [0.15, 0.2) is 24.3 Å². The van der Waals surface area contributed by atoms with E-state index in [9.17, 15) is 0 Å². The van der Waals surface area contributed by atoms with Crippen molar-refractivity contribution in [3.05, 3.63) is 35.4 Å². The standard InChI is InChI=1S/C16H23NO2/c1-3-19-15-10-14(16(15)18-2)17-13-9-8-11-6-4-5-7-12(11)13/h4-7,13-17H,3,8-10H2,1-2H3. The van der Waals surface area contributed by atoms with E-state index in [4.69, 9.17) is 9.47 Å². The summed E-state index contributed by atoms with van der Waals surface area (Å²) < 4.78 is 11.3. The van der Waals surface area contributed by atoms with Crippen molar-refractivity contribution in [1.29, 1.82) is 0 Å². The number of methoxy groups -OCH3 is 1. The topological polar surface area (TPSA) is 30.5 Å². The van der Waals surface area contributed by atoms with Gasteiger partial charge in [-0.3, -0.25) is 0 Å². The highest BCUT2D eigenvalue weighted by Gasteiger charge is 2.43. The van der Waals surface area contributed by atoms with Crippen LogP contribution in [0.1, 0.15) is 36.9 Å². The predicted octanol–water partition coefficient (Wildman–Crippen LogP) is 2.46. The monoisotopic (exact) mass is 261 g/mol. The van der Waals surface area contributed by atoms with Gasteiger partial charge in [-0.1, -0.05) is 24.3 Å². The highest BCUT2D eigenvalue weighted by atomic mass is 16.5. The summed E-state index contributed by atoms with van der Waals surface area (Å²) in [6.07, 6.45) is 3.92. The third kappa shape index (κ3) is 2.42. The molecule has 0 amide bonds. The lowest BCUT2D eigenvalue weighted by atomic mass is 9.84. The molecule has 3 heteroatoms. The Morgan fingerprint density at radius 1 is 1.32 bits per heavy atom. The lowest BCUT2D eigenvalue weighted by Crippen LogP contribution is -2.60. The van der Waals surface area contributed by atoms with Gasteiger partial charge in [0.1, 0.15) is 0 Å². The third-order valence-corrected chi connectivity index (χ3v) is 4.45. The summed E-state index contributed by atoms with van der Waals surface area (Å²) in [6.45, 7) is 2.81. The first-order chi connectivity index (χ1) is 9.33. The number of benzene rings is 1. The van der Waals surface area contributed by atoms with Crippen LogP contribution in [0.5, 0.6) is 0 Å². The molecule has 4 atom stereocenters. The Kier molecular flexibility index (Phi) is 3.87. The Labute approximate surface area is 115 Å². The molecular formula is C16H23NO2. The van der Waals surface area contributed by atoms with E-state index in [0.717, 1.165) is 13.0 Å². The van der Waals surface area contributed by atoms with Crippen LogP contribution in [-0.2, 0) is 15.9 Å². The van der Waals surface area contributed by atoms with Gasteiger partial charge in [-0.2, -0.15) is 0 Å². The van der Waals surface area contributed by atoms with Gasteiger partial charge in [0, 0.05) is 25.8 Å². The van der Waals surface area contributed by atoms with Crippen LogP contribution < -0.4 is 5.32 Å². The molecule has 0 bridgehead atoms. The second-order valence-corrected chi connectivity index (χ2v) is 5.49.